The topological polar surface area (TPSA) is 58.4 Å². The third-order valence-corrected chi connectivity index (χ3v) is 5.00. The van der Waals surface area contributed by atoms with Crippen molar-refractivity contribution in [3.8, 4) is 0 Å². The van der Waals surface area contributed by atoms with Gasteiger partial charge in [-0.2, -0.15) is 0 Å². The molecular formula is C16H27N3O2P2. The van der Waals surface area contributed by atoms with Gasteiger partial charge < -0.3 is 9.67 Å². The normalized spacial score (nSPS) is 22.5. The number of aromatic nitrogens is 2. The zero-order valence-corrected chi connectivity index (χ0v) is 16.0. The highest BCUT2D eigenvalue weighted by Crippen LogP contribution is 2.31. The number of carboxylic acids is 1. The fraction of sp³-hybridized carbons (Fsp3) is 0.625. The molecule has 2 rings (SSSR count). The summed E-state index contributed by atoms with van der Waals surface area (Å²) in [5.74, 6) is -0.0362. The van der Waals surface area contributed by atoms with Gasteiger partial charge in [0.2, 0.25) is 0 Å². The van der Waals surface area contributed by atoms with E-state index < -0.39 is 5.97 Å². The van der Waals surface area contributed by atoms with E-state index in [1.165, 1.54) is 25.7 Å². The Bertz CT molecular complexity index is 549. The molecule has 5 nitrogen and oxygen atoms in total. The van der Waals surface area contributed by atoms with Crippen molar-refractivity contribution in [3.63, 3.8) is 0 Å². The molecule has 128 valence electrons. The van der Waals surface area contributed by atoms with E-state index in [2.05, 4.69) is 35.3 Å². The second kappa shape index (κ2) is 8.92. The number of carbonyl (C=O) groups is 1. The molecule has 23 heavy (non-hydrogen) atoms. The molecule has 1 N–H and O–H groups in total. The molecular weight excluding hydrogens is 328 g/mol. The van der Waals surface area contributed by atoms with Gasteiger partial charge in [0.05, 0.1) is 12.0 Å². The van der Waals surface area contributed by atoms with E-state index in [1.54, 1.807) is 6.08 Å². The molecule has 2 unspecified atom stereocenters. The van der Waals surface area contributed by atoms with Crippen LogP contribution < -0.4 is 0 Å². The predicted octanol–water partition coefficient (Wildman–Crippen LogP) is 3.76. The minimum atomic E-state index is -0.856. The van der Waals surface area contributed by atoms with Crippen molar-refractivity contribution in [1.29, 1.82) is 0 Å². The molecule has 0 saturated heterocycles. The molecule has 1 aliphatic carbocycles. The molecule has 1 aromatic rings. The molecule has 0 aliphatic heterocycles. The van der Waals surface area contributed by atoms with Crippen molar-refractivity contribution < 1.29 is 9.90 Å². The second-order valence-electron chi connectivity index (χ2n) is 6.48. The highest BCUT2D eigenvalue weighted by atomic mass is 31.1. The van der Waals surface area contributed by atoms with Crippen LogP contribution in [0.25, 0.3) is 6.08 Å². The standard InChI is InChI=1S/C16H27N3O2P2/c1-12-4-6-15(7-5-12)18-10-14(17-11-18)9-13(16(20)21)3-2-8-19(22)23/h9-12,15H,2-8,22-23H2,1H3,(H,20,21)/b13-9+. The second-order valence-corrected chi connectivity index (χ2v) is 8.40. The number of hydrogen-bond donors (Lipinski definition) is 1. The van der Waals surface area contributed by atoms with Crippen molar-refractivity contribution in [2.24, 2.45) is 5.92 Å². The summed E-state index contributed by atoms with van der Waals surface area (Å²) in [7, 11) is 5.11. The lowest BCUT2D eigenvalue weighted by Crippen LogP contribution is -2.15. The number of hydrogen-bond acceptors (Lipinski definition) is 3. The largest absolute Gasteiger partial charge is 0.478 e. The molecule has 0 bridgehead atoms. The van der Waals surface area contributed by atoms with Gasteiger partial charge in [0.15, 0.2) is 0 Å². The molecule has 1 fully saturated rings. The van der Waals surface area contributed by atoms with E-state index in [4.69, 9.17) is 0 Å². The number of aliphatic carboxylic acids is 1. The summed E-state index contributed by atoms with van der Waals surface area (Å²) in [6.07, 6.45) is 11.8. The van der Waals surface area contributed by atoms with E-state index in [-0.39, 0.29) is 0 Å². The molecule has 0 spiro atoms. The Hall–Kier alpha value is -0.760. The summed E-state index contributed by atoms with van der Waals surface area (Å²) in [5, 5.41) is 9.36. The summed E-state index contributed by atoms with van der Waals surface area (Å²) in [6.45, 7) is 3.12. The Morgan fingerprint density at radius 2 is 2.13 bits per heavy atom. The van der Waals surface area contributed by atoms with Crippen LogP contribution in [0.1, 0.15) is 57.2 Å². The summed E-state index contributed by atoms with van der Waals surface area (Å²) in [4.78, 5) is 15.8. The van der Waals surface area contributed by atoms with Crippen LogP contribution in [0.4, 0.5) is 0 Å². The van der Waals surface area contributed by atoms with E-state index in [0.29, 0.717) is 18.0 Å². The SMILES string of the molecule is CC1CCC(n2cnc(/C=C(\CCCN(P)P)C(=O)O)c2)CC1. The van der Waals surface area contributed by atoms with Gasteiger partial charge in [-0.1, -0.05) is 25.7 Å². The molecule has 7 heteroatoms. The minimum absolute atomic E-state index is 0.421. The lowest BCUT2D eigenvalue weighted by atomic mass is 9.87. The summed E-state index contributed by atoms with van der Waals surface area (Å²) in [5.41, 5.74) is 1.17. The lowest BCUT2D eigenvalue weighted by molar-refractivity contribution is -0.132. The first kappa shape index (κ1) is 18.6. The Kier molecular flexibility index (Phi) is 7.20. The van der Waals surface area contributed by atoms with Crippen molar-refractivity contribution in [3.05, 3.63) is 23.8 Å². The third-order valence-electron chi connectivity index (χ3n) is 4.49. The minimum Gasteiger partial charge on any atom is -0.478 e. The lowest BCUT2D eigenvalue weighted by Gasteiger charge is -2.26. The molecule has 1 heterocycles. The average Bonchev–Trinajstić information content (AvgIpc) is 2.95. The van der Waals surface area contributed by atoms with Crippen LogP contribution in [0.3, 0.4) is 0 Å². The van der Waals surface area contributed by atoms with E-state index in [1.807, 2.05) is 17.0 Å². The fourth-order valence-corrected chi connectivity index (χ4v) is 3.40. The van der Waals surface area contributed by atoms with Gasteiger partial charge in [-0.3, -0.25) is 4.44 Å². The van der Waals surface area contributed by atoms with Gasteiger partial charge in [-0.25, -0.2) is 9.78 Å². The monoisotopic (exact) mass is 355 g/mol. The summed E-state index contributed by atoms with van der Waals surface area (Å²) >= 11 is 0. The van der Waals surface area contributed by atoms with Crippen LogP contribution in [0.15, 0.2) is 18.1 Å². The number of nitrogens with zero attached hydrogens (tertiary/aromatic N) is 3. The first-order valence-corrected chi connectivity index (χ1v) is 9.23. The van der Waals surface area contributed by atoms with Crippen LogP contribution in [0.2, 0.25) is 0 Å². The van der Waals surface area contributed by atoms with Crippen LogP contribution >= 0.6 is 18.8 Å². The van der Waals surface area contributed by atoms with Crippen molar-refractivity contribution in [2.75, 3.05) is 6.54 Å². The molecule has 1 aromatic heterocycles. The molecule has 2 atom stereocenters. The van der Waals surface area contributed by atoms with Gasteiger partial charge in [-0.15, -0.1) is 0 Å². The van der Waals surface area contributed by atoms with Crippen molar-refractivity contribution in [1.82, 2.24) is 14.0 Å². The molecule has 0 radical (unpaired) electrons. The van der Waals surface area contributed by atoms with Gasteiger partial charge >= 0.3 is 5.97 Å². The van der Waals surface area contributed by atoms with Crippen LogP contribution in [-0.4, -0.2) is 31.6 Å². The van der Waals surface area contributed by atoms with E-state index in [9.17, 15) is 9.90 Å². The van der Waals surface area contributed by atoms with Crippen LogP contribution in [-0.2, 0) is 4.79 Å². The van der Waals surface area contributed by atoms with Gasteiger partial charge in [0.25, 0.3) is 0 Å². The number of imidazole rings is 1. The Labute approximate surface area is 143 Å². The first-order chi connectivity index (χ1) is 11.0. The number of rotatable bonds is 7. The Morgan fingerprint density at radius 1 is 1.43 bits per heavy atom. The first-order valence-electron chi connectivity index (χ1n) is 8.20. The maximum atomic E-state index is 11.4. The van der Waals surface area contributed by atoms with Crippen LogP contribution in [0.5, 0.6) is 0 Å². The summed E-state index contributed by atoms with van der Waals surface area (Å²) in [6, 6.07) is 0.511. The zero-order chi connectivity index (χ0) is 16.8. The predicted molar refractivity (Wildman–Crippen MR) is 99.9 cm³/mol. The van der Waals surface area contributed by atoms with Gasteiger partial charge in [0.1, 0.15) is 0 Å². The van der Waals surface area contributed by atoms with E-state index >= 15 is 0 Å². The zero-order valence-electron chi connectivity index (χ0n) is 13.7. The van der Waals surface area contributed by atoms with Gasteiger partial charge in [0, 0.05) is 24.4 Å². The fourth-order valence-electron chi connectivity index (χ4n) is 3.04. The highest BCUT2D eigenvalue weighted by Gasteiger charge is 2.19. The third kappa shape index (κ3) is 5.99. The van der Waals surface area contributed by atoms with Crippen molar-refractivity contribution >= 4 is 30.8 Å². The van der Waals surface area contributed by atoms with Crippen molar-refractivity contribution in [2.45, 2.75) is 51.5 Å². The molecule has 0 aromatic carbocycles. The molecule has 0 amide bonds. The molecule has 1 saturated carbocycles. The number of carboxylic acid groups (broad SMARTS) is 1. The Morgan fingerprint density at radius 3 is 2.74 bits per heavy atom. The maximum Gasteiger partial charge on any atom is 0.331 e. The summed E-state index contributed by atoms with van der Waals surface area (Å²) < 4.78 is 4.06. The maximum absolute atomic E-state index is 11.4. The Balaban J connectivity index is 2.00. The van der Waals surface area contributed by atoms with E-state index in [0.717, 1.165) is 24.6 Å². The highest BCUT2D eigenvalue weighted by molar-refractivity contribution is 7.30. The van der Waals surface area contributed by atoms with Crippen LogP contribution in [0, 0.1) is 5.92 Å². The van der Waals surface area contributed by atoms with Gasteiger partial charge in [-0.05, 0) is 50.5 Å². The average molecular weight is 355 g/mol. The smallest absolute Gasteiger partial charge is 0.331 e. The quantitative estimate of drug-likeness (QED) is 0.598. The molecule has 1 aliphatic rings.